The fraction of sp³-hybridized carbons (Fsp3) is 0.312. The maximum atomic E-state index is 12.3. The van der Waals surface area contributed by atoms with Gasteiger partial charge in [-0.05, 0) is 37.9 Å². The van der Waals surface area contributed by atoms with Gasteiger partial charge < -0.3 is 19.5 Å². The van der Waals surface area contributed by atoms with E-state index in [9.17, 15) is 4.79 Å². The largest absolute Gasteiger partial charge is 0.495 e. The van der Waals surface area contributed by atoms with Crippen LogP contribution in [0.1, 0.15) is 16.1 Å². The molecule has 0 aliphatic heterocycles. The van der Waals surface area contributed by atoms with Crippen molar-refractivity contribution in [3.05, 3.63) is 46.7 Å². The van der Waals surface area contributed by atoms with Gasteiger partial charge in [-0.2, -0.15) is 0 Å². The molecule has 1 N–H and O–H groups in total. The highest BCUT2D eigenvalue weighted by Crippen LogP contribution is 2.27. The van der Waals surface area contributed by atoms with Crippen LogP contribution in [0.15, 0.2) is 30.5 Å². The Morgan fingerprint density at radius 3 is 2.64 bits per heavy atom. The smallest absolute Gasteiger partial charge is 0.272 e. The van der Waals surface area contributed by atoms with Crippen molar-refractivity contribution in [2.75, 3.05) is 26.5 Å². The molecule has 0 atom stereocenters. The summed E-state index contributed by atoms with van der Waals surface area (Å²) in [5.74, 6) is 0.404. The highest BCUT2D eigenvalue weighted by Gasteiger charge is 2.14. The Morgan fingerprint density at radius 2 is 2.09 bits per heavy atom. The van der Waals surface area contributed by atoms with E-state index in [2.05, 4.69) is 10.2 Å². The zero-order valence-electron chi connectivity index (χ0n) is 13.2. The van der Waals surface area contributed by atoms with Gasteiger partial charge in [-0.1, -0.05) is 17.7 Å². The van der Waals surface area contributed by atoms with Gasteiger partial charge in [0.15, 0.2) is 0 Å². The van der Waals surface area contributed by atoms with Gasteiger partial charge in [0.05, 0.1) is 17.8 Å². The minimum Gasteiger partial charge on any atom is -0.495 e. The van der Waals surface area contributed by atoms with Crippen LogP contribution in [0.2, 0.25) is 5.02 Å². The molecule has 0 unspecified atom stereocenters. The van der Waals surface area contributed by atoms with Gasteiger partial charge in [0, 0.05) is 19.8 Å². The summed E-state index contributed by atoms with van der Waals surface area (Å²) in [6, 6.07) is 7.37. The van der Waals surface area contributed by atoms with E-state index in [1.165, 1.54) is 0 Å². The highest BCUT2D eigenvalue weighted by molar-refractivity contribution is 6.31. The fourth-order valence-electron chi connectivity index (χ4n) is 2.24. The molecule has 1 aromatic heterocycles. The van der Waals surface area contributed by atoms with Crippen molar-refractivity contribution < 1.29 is 9.53 Å². The van der Waals surface area contributed by atoms with Crippen LogP contribution >= 0.6 is 11.6 Å². The number of rotatable bonds is 5. The summed E-state index contributed by atoms with van der Waals surface area (Å²) >= 11 is 5.91. The van der Waals surface area contributed by atoms with Crippen molar-refractivity contribution in [3.8, 4) is 5.75 Å². The Bertz CT molecular complexity index is 680. The van der Waals surface area contributed by atoms with E-state index < -0.39 is 0 Å². The molecule has 0 saturated carbocycles. The van der Waals surface area contributed by atoms with Gasteiger partial charge in [0.25, 0.3) is 5.91 Å². The average molecular weight is 322 g/mol. The standard InChI is InChI=1S/C16H20ClN3O2/c1-19(2)9-11-5-6-13(15(7-11)22-4)18-16(21)14-8-12(17)10-20(14)3/h5-8,10H,9H2,1-4H3,(H,18,21). The molecule has 1 amide bonds. The Hall–Kier alpha value is -1.98. The first-order valence-electron chi connectivity index (χ1n) is 6.85. The average Bonchev–Trinajstić information content (AvgIpc) is 2.78. The lowest BCUT2D eigenvalue weighted by Crippen LogP contribution is -2.16. The van der Waals surface area contributed by atoms with Crippen LogP contribution in [0.3, 0.4) is 0 Å². The highest BCUT2D eigenvalue weighted by atomic mass is 35.5. The molecule has 0 spiro atoms. The number of hydrogen-bond acceptors (Lipinski definition) is 3. The second-order valence-corrected chi connectivity index (χ2v) is 5.82. The summed E-state index contributed by atoms with van der Waals surface area (Å²) in [4.78, 5) is 14.4. The number of carbonyl (C=O) groups excluding carboxylic acids is 1. The van der Waals surface area contributed by atoms with Crippen molar-refractivity contribution in [2.24, 2.45) is 7.05 Å². The summed E-state index contributed by atoms with van der Waals surface area (Å²) in [5.41, 5.74) is 2.23. The van der Waals surface area contributed by atoms with Gasteiger partial charge in [-0.3, -0.25) is 4.79 Å². The summed E-state index contributed by atoms with van der Waals surface area (Å²) in [6.45, 7) is 0.804. The molecule has 0 saturated heterocycles. The molecule has 0 aliphatic rings. The second-order valence-electron chi connectivity index (χ2n) is 5.38. The quantitative estimate of drug-likeness (QED) is 0.921. The second kappa shape index (κ2) is 6.85. The first-order valence-corrected chi connectivity index (χ1v) is 7.23. The van der Waals surface area contributed by atoms with Gasteiger partial charge in [0.1, 0.15) is 11.4 Å². The molecule has 0 aliphatic carbocycles. The molecular formula is C16H20ClN3O2. The summed E-state index contributed by atoms with van der Waals surface area (Å²) < 4.78 is 7.06. The number of amides is 1. The third kappa shape index (κ3) is 3.81. The molecule has 22 heavy (non-hydrogen) atoms. The van der Waals surface area contributed by atoms with Crippen LogP contribution in [0.25, 0.3) is 0 Å². The summed E-state index contributed by atoms with van der Waals surface area (Å²) in [7, 11) is 7.37. The molecule has 1 heterocycles. The normalized spacial score (nSPS) is 10.8. The molecule has 0 radical (unpaired) electrons. The summed E-state index contributed by atoms with van der Waals surface area (Å²) in [5, 5.41) is 3.38. The van der Waals surface area contributed by atoms with Gasteiger partial charge in [-0.25, -0.2) is 0 Å². The number of ether oxygens (including phenoxy) is 1. The predicted molar refractivity (Wildman–Crippen MR) is 88.8 cm³/mol. The number of halogens is 1. The third-order valence-electron chi connectivity index (χ3n) is 3.22. The molecule has 0 bridgehead atoms. The number of aromatic nitrogens is 1. The third-order valence-corrected chi connectivity index (χ3v) is 3.42. The molecule has 118 valence electrons. The van der Waals surface area contributed by atoms with Crippen LogP contribution in [0, 0.1) is 0 Å². The molecular weight excluding hydrogens is 302 g/mol. The SMILES string of the molecule is COc1cc(CN(C)C)ccc1NC(=O)c1cc(Cl)cn1C. The van der Waals surface area contributed by atoms with Crippen LogP contribution in [-0.4, -0.2) is 36.6 Å². The Morgan fingerprint density at radius 1 is 1.36 bits per heavy atom. The first kappa shape index (κ1) is 16.4. The van der Waals surface area contributed by atoms with Gasteiger partial charge >= 0.3 is 0 Å². The van der Waals surface area contributed by atoms with Crippen LogP contribution in [0.5, 0.6) is 5.75 Å². The van der Waals surface area contributed by atoms with E-state index in [0.717, 1.165) is 12.1 Å². The van der Waals surface area contributed by atoms with Crippen molar-refractivity contribution in [1.29, 1.82) is 0 Å². The van der Waals surface area contributed by atoms with Gasteiger partial charge in [-0.15, -0.1) is 0 Å². The maximum absolute atomic E-state index is 12.3. The van der Waals surface area contributed by atoms with Crippen molar-refractivity contribution >= 4 is 23.2 Å². The molecule has 0 fully saturated rings. The number of aryl methyl sites for hydroxylation is 1. The Balaban J connectivity index is 2.22. The predicted octanol–water partition coefficient (Wildman–Crippen LogP) is 3.00. The lowest BCUT2D eigenvalue weighted by molar-refractivity contribution is 0.101. The molecule has 1 aromatic carbocycles. The van der Waals surface area contributed by atoms with E-state index in [1.54, 1.807) is 31.0 Å². The minimum atomic E-state index is -0.229. The monoisotopic (exact) mass is 321 g/mol. The lowest BCUT2D eigenvalue weighted by atomic mass is 10.1. The zero-order valence-corrected chi connectivity index (χ0v) is 13.9. The van der Waals surface area contributed by atoms with E-state index in [4.69, 9.17) is 16.3 Å². The van der Waals surface area contributed by atoms with Gasteiger partial charge in [0.2, 0.25) is 0 Å². The maximum Gasteiger partial charge on any atom is 0.272 e. The number of nitrogens with one attached hydrogen (secondary N) is 1. The molecule has 5 nitrogen and oxygen atoms in total. The van der Waals surface area contributed by atoms with Crippen molar-refractivity contribution in [2.45, 2.75) is 6.54 Å². The van der Waals surface area contributed by atoms with Crippen molar-refractivity contribution in [1.82, 2.24) is 9.47 Å². The van der Waals surface area contributed by atoms with Crippen molar-refractivity contribution in [3.63, 3.8) is 0 Å². The van der Waals surface area contributed by atoms with Crippen LogP contribution in [-0.2, 0) is 13.6 Å². The number of hydrogen-bond donors (Lipinski definition) is 1. The Labute approximate surface area is 135 Å². The number of carbonyl (C=O) groups is 1. The lowest BCUT2D eigenvalue weighted by Gasteiger charge is -2.14. The van der Waals surface area contributed by atoms with Crippen LogP contribution in [0.4, 0.5) is 5.69 Å². The number of benzene rings is 1. The minimum absolute atomic E-state index is 0.229. The Kier molecular flexibility index (Phi) is 5.11. The topological polar surface area (TPSA) is 46.5 Å². The number of methoxy groups -OCH3 is 1. The van der Waals surface area contributed by atoms with E-state index in [1.807, 2.05) is 32.3 Å². The molecule has 2 aromatic rings. The van der Waals surface area contributed by atoms with E-state index >= 15 is 0 Å². The fourth-order valence-corrected chi connectivity index (χ4v) is 2.49. The molecule has 6 heteroatoms. The first-order chi connectivity index (χ1) is 10.4. The van der Waals surface area contributed by atoms with Crippen LogP contribution < -0.4 is 10.1 Å². The summed E-state index contributed by atoms with van der Waals surface area (Å²) in [6.07, 6.45) is 1.69. The van der Waals surface area contributed by atoms with E-state index in [-0.39, 0.29) is 5.91 Å². The van der Waals surface area contributed by atoms with E-state index in [0.29, 0.717) is 22.2 Å². The number of nitrogens with zero attached hydrogens (tertiary/aromatic N) is 2. The molecule has 2 rings (SSSR count). The zero-order chi connectivity index (χ0) is 16.3. The number of anilines is 1.